The predicted molar refractivity (Wildman–Crippen MR) is 68.1 cm³/mol. The highest BCUT2D eigenvalue weighted by molar-refractivity contribution is 5.91. The highest BCUT2D eigenvalue weighted by atomic mass is 19.1. The van der Waals surface area contributed by atoms with Gasteiger partial charge in [-0.25, -0.2) is 4.39 Å². The zero-order chi connectivity index (χ0) is 13.0. The van der Waals surface area contributed by atoms with Crippen molar-refractivity contribution in [1.29, 1.82) is 0 Å². The number of nitrogens with zero attached hydrogens (tertiary/aromatic N) is 1. The van der Waals surface area contributed by atoms with Crippen LogP contribution in [0.4, 0.5) is 10.1 Å². The molecule has 0 saturated heterocycles. The number of aliphatic hydroxyl groups is 1. The number of nitrogens with one attached hydrogen (secondary N) is 1. The van der Waals surface area contributed by atoms with Crippen LogP contribution in [0.3, 0.4) is 0 Å². The lowest BCUT2D eigenvalue weighted by Crippen LogP contribution is -2.24. The standard InChI is InChI=1S/C13H15FN2O2/c1-18-8-9(17)7-16-12-5-6-15-13-10(12)3-2-4-11(13)14/h2-6,9,17H,7-8H2,1H3,(H,15,16). The van der Waals surface area contributed by atoms with Crippen LogP contribution in [0, 0.1) is 5.82 Å². The van der Waals surface area contributed by atoms with E-state index in [1.807, 2.05) is 0 Å². The topological polar surface area (TPSA) is 54.4 Å². The molecule has 0 radical (unpaired) electrons. The number of pyridine rings is 1. The molecule has 0 fully saturated rings. The molecule has 0 spiro atoms. The summed E-state index contributed by atoms with van der Waals surface area (Å²) in [5.41, 5.74) is 1.07. The molecule has 2 N–H and O–H groups in total. The van der Waals surface area contributed by atoms with Crippen LogP contribution in [0.1, 0.15) is 0 Å². The molecule has 1 unspecified atom stereocenters. The van der Waals surface area contributed by atoms with Gasteiger partial charge in [-0.1, -0.05) is 12.1 Å². The second-order valence-corrected chi connectivity index (χ2v) is 3.98. The second kappa shape index (κ2) is 5.75. The summed E-state index contributed by atoms with van der Waals surface area (Å²) in [6.07, 6.45) is 0.933. The van der Waals surface area contributed by atoms with Crippen molar-refractivity contribution < 1.29 is 14.2 Å². The fourth-order valence-electron chi connectivity index (χ4n) is 1.77. The molecule has 0 aliphatic rings. The summed E-state index contributed by atoms with van der Waals surface area (Å²) < 4.78 is 18.4. The van der Waals surface area contributed by atoms with Crippen molar-refractivity contribution in [2.45, 2.75) is 6.10 Å². The summed E-state index contributed by atoms with van der Waals surface area (Å²) in [5, 5.41) is 13.3. The highest BCUT2D eigenvalue weighted by Gasteiger charge is 2.07. The number of aliphatic hydroxyl groups excluding tert-OH is 1. The van der Waals surface area contributed by atoms with Gasteiger partial charge in [-0.3, -0.25) is 4.98 Å². The maximum Gasteiger partial charge on any atom is 0.149 e. The molecule has 1 aromatic heterocycles. The van der Waals surface area contributed by atoms with Gasteiger partial charge in [-0.05, 0) is 12.1 Å². The fraction of sp³-hybridized carbons (Fsp3) is 0.308. The summed E-state index contributed by atoms with van der Waals surface area (Å²) >= 11 is 0. The van der Waals surface area contributed by atoms with Gasteiger partial charge in [-0.15, -0.1) is 0 Å². The average Bonchev–Trinajstić information content (AvgIpc) is 2.37. The predicted octanol–water partition coefficient (Wildman–Crippen LogP) is 1.79. The van der Waals surface area contributed by atoms with Crippen LogP contribution in [0.2, 0.25) is 0 Å². The van der Waals surface area contributed by atoms with Crippen LogP contribution in [0.5, 0.6) is 0 Å². The van der Waals surface area contributed by atoms with E-state index < -0.39 is 6.10 Å². The van der Waals surface area contributed by atoms with Crippen LogP contribution in [0.25, 0.3) is 10.9 Å². The first kappa shape index (κ1) is 12.7. The van der Waals surface area contributed by atoms with E-state index in [0.29, 0.717) is 17.4 Å². The van der Waals surface area contributed by atoms with Gasteiger partial charge in [-0.2, -0.15) is 0 Å². The normalized spacial score (nSPS) is 12.6. The molecule has 1 atom stereocenters. The van der Waals surface area contributed by atoms with Crippen LogP contribution in [0.15, 0.2) is 30.5 Å². The Labute approximate surface area is 104 Å². The number of ether oxygens (including phenoxy) is 1. The van der Waals surface area contributed by atoms with Crippen molar-refractivity contribution in [1.82, 2.24) is 4.98 Å². The third kappa shape index (κ3) is 2.75. The third-order valence-electron chi connectivity index (χ3n) is 2.61. The molecular weight excluding hydrogens is 235 g/mol. The van der Waals surface area contributed by atoms with Crippen LogP contribution in [-0.2, 0) is 4.74 Å². The Hall–Kier alpha value is -1.72. The van der Waals surface area contributed by atoms with Gasteiger partial charge in [0, 0.05) is 30.9 Å². The monoisotopic (exact) mass is 250 g/mol. The number of fused-ring (bicyclic) bond motifs is 1. The number of para-hydroxylation sites is 1. The molecule has 1 heterocycles. The number of halogens is 1. The van der Waals surface area contributed by atoms with Crippen molar-refractivity contribution in [3.8, 4) is 0 Å². The number of anilines is 1. The minimum absolute atomic E-state index is 0.254. The lowest BCUT2D eigenvalue weighted by atomic mass is 10.2. The lowest BCUT2D eigenvalue weighted by molar-refractivity contribution is 0.0728. The van der Waals surface area contributed by atoms with Crippen molar-refractivity contribution in [3.63, 3.8) is 0 Å². The molecule has 18 heavy (non-hydrogen) atoms. The van der Waals surface area contributed by atoms with E-state index in [4.69, 9.17) is 4.74 Å². The van der Waals surface area contributed by atoms with Crippen molar-refractivity contribution in [2.75, 3.05) is 25.6 Å². The summed E-state index contributed by atoms with van der Waals surface area (Å²) in [6.45, 7) is 0.591. The molecule has 1 aromatic carbocycles. The van der Waals surface area contributed by atoms with Crippen LogP contribution < -0.4 is 5.32 Å². The number of rotatable bonds is 5. The van der Waals surface area contributed by atoms with Crippen LogP contribution >= 0.6 is 0 Å². The summed E-state index contributed by atoms with van der Waals surface area (Å²) in [5.74, 6) is -0.353. The van der Waals surface area contributed by atoms with E-state index >= 15 is 0 Å². The van der Waals surface area contributed by atoms with Gasteiger partial charge in [0.25, 0.3) is 0 Å². The largest absolute Gasteiger partial charge is 0.389 e. The number of hydrogen-bond donors (Lipinski definition) is 2. The van der Waals surface area contributed by atoms with Gasteiger partial charge in [0.15, 0.2) is 0 Å². The highest BCUT2D eigenvalue weighted by Crippen LogP contribution is 2.23. The number of benzene rings is 1. The first-order chi connectivity index (χ1) is 8.72. The SMILES string of the molecule is COCC(O)CNc1ccnc2c(F)cccc12. The van der Waals surface area contributed by atoms with E-state index in [1.165, 1.54) is 19.4 Å². The first-order valence-corrected chi connectivity index (χ1v) is 5.66. The molecule has 5 heteroatoms. The molecule has 96 valence electrons. The Morgan fingerprint density at radius 2 is 2.28 bits per heavy atom. The summed E-state index contributed by atoms with van der Waals surface area (Å²) in [7, 11) is 1.53. The minimum atomic E-state index is -0.605. The molecular formula is C13H15FN2O2. The lowest BCUT2D eigenvalue weighted by Gasteiger charge is -2.13. The molecule has 2 aromatic rings. The molecule has 0 aliphatic carbocycles. The Morgan fingerprint density at radius 1 is 1.44 bits per heavy atom. The van der Waals surface area contributed by atoms with Gasteiger partial charge in [0.05, 0.1) is 12.7 Å². The molecule has 0 amide bonds. The zero-order valence-electron chi connectivity index (χ0n) is 10.1. The van der Waals surface area contributed by atoms with E-state index in [1.54, 1.807) is 18.2 Å². The molecule has 0 bridgehead atoms. The van der Waals surface area contributed by atoms with E-state index in [-0.39, 0.29) is 12.4 Å². The third-order valence-corrected chi connectivity index (χ3v) is 2.61. The van der Waals surface area contributed by atoms with Crippen molar-refractivity contribution in [3.05, 3.63) is 36.3 Å². The van der Waals surface area contributed by atoms with Gasteiger partial charge >= 0.3 is 0 Å². The van der Waals surface area contributed by atoms with Gasteiger partial charge < -0.3 is 15.2 Å². The molecule has 0 aliphatic heterocycles. The number of hydrogen-bond acceptors (Lipinski definition) is 4. The molecule has 2 rings (SSSR count). The maximum atomic E-state index is 13.5. The quantitative estimate of drug-likeness (QED) is 0.849. The Kier molecular flexibility index (Phi) is 4.07. The van der Waals surface area contributed by atoms with E-state index in [2.05, 4.69) is 10.3 Å². The summed E-state index contributed by atoms with van der Waals surface area (Å²) in [4.78, 5) is 4.00. The Bertz CT molecular complexity index is 533. The smallest absolute Gasteiger partial charge is 0.149 e. The zero-order valence-corrected chi connectivity index (χ0v) is 10.1. The second-order valence-electron chi connectivity index (χ2n) is 3.98. The van der Waals surface area contributed by atoms with E-state index in [9.17, 15) is 9.50 Å². The van der Waals surface area contributed by atoms with E-state index in [0.717, 1.165) is 5.69 Å². The average molecular weight is 250 g/mol. The van der Waals surface area contributed by atoms with Crippen LogP contribution in [-0.4, -0.2) is 36.5 Å². The summed E-state index contributed by atoms with van der Waals surface area (Å²) in [6, 6.07) is 6.55. The fourth-order valence-corrected chi connectivity index (χ4v) is 1.77. The van der Waals surface area contributed by atoms with Gasteiger partial charge in [0.2, 0.25) is 0 Å². The molecule has 0 saturated carbocycles. The first-order valence-electron chi connectivity index (χ1n) is 5.66. The molecule has 4 nitrogen and oxygen atoms in total. The Balaban J connectivity index is 2.21. The Morgan fingerprint density at radius 3 is 3.06 bits per heavy atom. The van der Waals surface area contributed by atoms with Crippen molar-refractivity contribution >= 4 is 16.6 Å². The van der Waals surface area contributed by atoms with Gasteiger partial charge in [0.1, 0.15) is 11.3 Å². The number of methoxy groups -OCH3 is 1. The maximum absolute atomic E-state index is 13.5. The van der Waals surface area contributed by atoms with Crippen molar-refractivity contribution in [2.24, 2.45) is 0 Å². The minimum Gasteiger partial charge on any atom is -0.389 e. The number of aromatic nitrogens is 1.